The van der Waals surface area contributed by atoms with Gasteiger partial charge in [0.2, 0.25) is 0 Å². The second-order valence-electron chi connectivity index (χ2n) is 6.22. The first-order chi connectivity index (χ1) is 14.2. The number of methoxy groups -OCH3 is 1. The van der Waals surface area contributed by atoms with Gasteiger partial charge in [-0.05, 0) is 35.9 Å². The van der Waals surface area contributed by atoms with Gasteiger partial charge in [0.15, 0.2) is 5.16 Å². The van der Waals surface area contributed by atoms with E-state index in [-0.39, 0.29) is 5.56 Å². The van der Waals surface area contributed by atoms with Crippen LogP contribution in [0.3, 0.4) is 0 Å². The fourth-order valence-corrected chi connectivity index (χ4v) is 3.86. The summed E-state index contributed by atoms with van der Waals surface area (Å²) in [6.45, 7) is 0. The van der Waals surface area contributed by atoms with Crippen LogP contribution in [-0.4, -0.2) is 22.1 Å². The number of nitrogens with zero attached hydrogens (tertiary/aromatic N) is 3. The van der Waals surface area contributed by atoms with Crippen LogP contribution in [0, 0.1) is 11.3 Å². The topological polar surface area (TPSA) is 91.7 Å². The van der Waals surface area contributed by atoms with Crippen molar-refractivity contribution in [2.45, 2.75) is 10.9 Å². The minimum absolute atomic E-state index is 0.00801. The lowest BCUT2D eigenvalue weighted by Crippen LogP contribution is -2.14. The van der Waals surface area contributed by atoms with Crippen LogP contribution in [0.2, 0.25) is 0 Å². The van der Waals surface area contributed by atoms with Crippen molar-refractivity contribution in [2.75, 3.05) is 7.11 Å². The molecule has 7 heteroatoms. The lowest BCUT2D eigenvalue weighted by molar-refractivity contribution is 0.415. The molecule has 0 aliphatic heterocycles. The predicted octanol–water partition coefficient (Wildman–Crippen LogP) is 4.16. The first kappa shape index (κ1) is 18.7. The molecular formula is C22H16N4O2S. The van der Waals surface area contributed by atoms with E-state index in [1.165, 1.54) is 11.8 Å². The number of rotatable bonds is 5. The Kier molecular flexibility index (Phi) is 5.27. The van der Waals surface area contributed by atoms with Crippen LogP contribution in [0.1, 0.15) is 11.1 Å². The van der Waals surface area contributed by atoms with Crippen LogP contribution in [0.25, 0.3) is 22.2 Å². The Labute approximate surface area is 171 Å². The highest BCUT2D eigenvalue weighted by Gasteiger charge is 2.14. The van der Waals surface area contributed by atoms with Crippen LogP contribution in [-0.2, 0) is 5.75 Å². The van der Waals surface area contributed by atoms with Crippen molar-refractivity contribution in [3.8, 4) is 23.1 Å². The number of H-pyrrole nitrogens is 1. The Morgan fingerprint density at radius 1 is 1.14 bits per heavy atom. The van der Waals surface area contributed by atoms with Gasteiger partial charge in [-0.25, -0.2) is 4.98 Å². The third kappa shape index (κ3) is 3.84. The Morgan fingerprint density at radius 2 is 1.93 bits per heavy atom. The van der Waals surface area contributed by atoms with E-state index < -0.39 is 5.56 Å². The quantitative estimate of drug-likeness (QED) is 0.400. The van der Waals surface area contributed by atoms with Gasteiger partial charge >= 0.3 is 0 Å². The van der Waals surface area contributed by atoms with Crippen LogP contribution in [0.4, 0.5) is 0 Å². The summed E-state index contributed by atoms with van der Waals surface area (Å²) in [6.07, 6.45) is 1.76. The van der Waals surface area contributed by atoms with Crippen molar-refractivity contribution in [3.63, 3.8) is 0 Å². The molecule has 0 unspecified atom stereocenters. The molecule has 0 bridgehead atoms. The van der Waals surface area contributed by atoms with E-state index in [2.05, 4.69) is 15.0 Å². The van der Waals surface area contributed by atoms with Gasteiger partial charge < -0.3 is 9.72 Å². The zero-order chi connectivity index (χ0) is 20.2. The molecular weight excluding hydrogens is 384 g/mol. The number of hydrogen-bond acceptors (Lipinski definition) is 6. The van der Waals surface area contributed by atoms with Crippen molar-refractivity contribution < 1.29 is 4.74 Å². The van der Waals surface area contributed by atoms with Gasteiger partial charge in [0.25, 0.3) is 5.56 Å². The molecule has 6 nitrogen and oxygen atoms in total. The molecule has 0 fully saturated rings. The second-order valence-corrected chi connectivity index (χ2v) is 7.18. The normalized spacial score (nSPS) is 10.6. The fraction of sp³-hybridized carbons (Fsp3) is 0.0909. The number of thioether (sulfide) groups is 1. The van der Waals surface area contributed by atoms with E-state index in [0.717, 1.165) is 16.5 Å². The SMILES string of the molecule is COc1ccc(-c2nc(SCc3cccc4cccnc34)[nH]c(=O)c2C#N)cc1. The summed E-state index contributed by atoms with van der Waals surface area (Å²) < 4.78 is 5.17. The summed E-state index contributed by atoms with van der Waals surface area (Å²) in [5.41, 5.74) is 2.55. The summed E-state index contributed by atoms with van der Waals surface area (Å²) in [6, 6.07) is 19.0. The third-order valence-electron chi connectivity index (χ3n) is 4.45. The maximum Gasteiger partial charge on any atom is 0.270 e. The first-order valence-electron chi connectivity index (χ1n) is 8.84. The maximum absolute atomic E-state index is 12.4. The molecule has 0 amide bonds. The Bertz CT molecular complexity index is 1270. The van der Waals surface area contributed by atoms with Gasteiger partial charge in [0.05, 0.1) is 18.3 Å². The molecule has 0 aliphatic carbocycles. The minimum Gasteiger partial charge on any atom is -0.497 e. The number of hydrogen-bond donors (Lipinski definition) is 1. The highest BCUT2D eigenvalue weighted by atomic mass is 32.2. The lowest BCUT2D eigenvalue weighted by atomic mass is 10.1. The van der Waals surface area contributed by atoms with E-state index >= 15 is 0 Å². The average Bonchev–Trinajstić information content (AvgIpc) is 2.77. The molecule has 0 saturated heterocycles. The average molecular weight is 400 g/mol. The smallest absolute Gasteiger partial charge is 0.270 e. The van der Waals surface area contributed by atoms with Crippen molar-refractivity contribution in [3.05, 3.63) is 82.3 Å². The number of benzene rings is 2. The molecule has 2 heterocycles. The highest BCUT2D eigenvalue weighted by molar-refractivity contribution is 7.98. The van der Waals surface area contributed by atoms with Gasteiger partial charge in [0, 0.05) is 22.9 Å². The molecule has 1 N–H and O–H groups in total. The van der Waals surface area contributed by atoms with Crippen molar-refractivity contribution in [2.24, 2.45) is 0 Å². The monoisotopic (exact) mass is 400 g/mol. The number of aromatic amines is 1. The lowest BCUT2D eigenvalue weighted by Gasteiger charge is -2.08. The molecule has 0 spiro atoms. The Hall–Kier alpha value is -3.63. The molecule has 29 heavy (non-hydrogen) atoms. The summed E-state index contributed by atoms with van der Waals surface area (Å²) in [7, 11) is 1.58. The fourth-order valence-electron chi connectivity index (χ4n) is 3.01. The van der Waals surface area contributed by atoms with Crippen LogP contribution in [0.5, 0.6) is 5.75 Å². The molecule has 2 aromatic carbocycles. The molecule has 0 saturated carbocycles. The van der Waals surface area contributed by atoms with Crippen LogP contribution in [0.15, 0.2) is 70.7 Å². The highest BCUT2D eigenvalue weighted by Crippen LogP contribution is 2.27. The third-order valence-corrected chi connectivity index (χ3v) is 5.38. The number of para-hydroxylation sites is 1. The zero-order valence-corrected chi connectivity index (χ0v) is 16.4. The molecule has 4 aromatic rings. The maximum atomic E-state index is 12.4. The Morgan fingerprint density at radius 3 is 2.69 bits per heavy atom. The van der Waals surface area contributed by atoms with Crippen molar-refractivity contribution in [1.29, 1.82) is 5.26 Å². The van der Waals surface area contributed by atoms with Gasteiger partial charge in [-0.2, -0.15) is 5.26 Å². The summed E-state index contributed by atoms with van der Waals surface area (Å²) >= 11 is 1.40. The van der Waals surface area contributed by atoms with E-state index in [1.807, 2.05) is 36.4 Å². The zero-order valence-electron chi connectivity index (χ0n) is 15.5. The van der Waals surface area contributed by atoms with Gasteiger partial charge in [-0.1, -0.05) is 36.0 Å². The van der Waals surface area contributed by atoms with Gasteiger partial charge in [0.1, 0.15) is 17.4 Å². The summed E-state index contributed by atoms with van der Waals surface area (Å²) in [5.74, 6) is 1.28. The van der Waals surface area contributed by atoms with E-state index in [4.69, 9.17) is 4.74 Å². The second kappa shape index (κ2) is 8.17. The Balaban J connectivity index is 1.68. The summed E-state index contributed by atoms with van der Waals surface area (Å²) in [5, 5.41) is 10.9. The molecule has 0 aliphatic rings. The van der Waals surface area contributed by atoms with Gasteiger partial charge in [-0.3, -0.25) is 9.78 Å². The number of nitrogens with one attached hydrogen (secondary N) is 1. The number of fused-ring (bicyclic) bond motifs is 1. The summed E-state index contributed by atoms with van der Waals surface area (Å²) in [4.78, 5) is 24.2. The van der Waals surface area contributed by atoms with Crippen LogP contribution < -0.4 is 10.3 Å². The molecule has 2 aromatic heterocycles. The molecule has 0 atom stereocenters. The van der Waals surface area contributed by atoms with Crippen molar-refractivity contribution >= 4 is 22.7 Å². The first-order valence-corrected chi connectivity index (χ1v) is 9.82. The van der Waals surface area contributed by atoms with E-state index in [9.17, 15) is 10.1 Å². The van der Waals surface area contributed by atoms with E-state index in [1.54, 1.807) is 37.6 Å². The number of nitriles is 1. The molecule has 0 radical (unpaired) electrons. The standard InChI is InChI=1S/C22H16N4O2S/c1-28-17-9-7-15(8-10-17)20-18(12-23)21(27)26-22(25-20)29-13-16-5-2-4-14-6-3-11-24-19(14)16/h2-11H,13H2,1H3,(H,25,26,27). The number of aromatic nitrogens is 3. The van der Waals surface area contributed by atoms with Crippen LogP contribution >= 0.6 is 11.8 Å². The molecule has 4 rings (SSSR count). The predicted molar refractivity (Wildman–Crippen MR) is 113 cm³/mol. The number of ether oxygens (including phenoxy) is 1. The number of pyridine rings is 1. The van der Waals surface area contributed by atoms with E-state index in [0.29, 0.717) is 27.9 Å². The minimum atomic E-state index is -0.452. The molecule has 142 valence electrons. The van der Waals surface area contributed by atoms with Gasteiger partial charge in [-0.15, -0.1) is 0 Å². The van der Waals surface area contributed by atoms with Crippen molar-refractivity contribution in [1.82, 2.24) is 15.0 Å². The largest absolute Gasteiger partial charge is 0.497 e.